The molecule has 0 heterocycles. The van der Waals surface area contributed by atoms with E-state index in [1.807, 2.05) is 30.3 Å². The van der Waals surface area contributed by atoms with Gasteiger partial charge in [0.2, 0.25) is 0 Å². The Morgan fingerprint density at radius 3 is 2.50 bits per heavy atom. The second kappa shape index (κ2) is 4.95. The van der Waals surface area contributed by atoms with Gasteiger partial charge in [0.15, 0.2) is 0 Å². The first-order chi connectivity index (χ1) is 9.65. The lowest BCUT2D eigenvalue weighted by atomic mass is 9.71. The zero-order chi connectivity index (χ0) is 14.2. The second-order valence-electron chi connectivity index (χ2n) is 5.62. The van der Waals surface area contributed by atoms with Gasteiger partial charge in [-0.15, -0.1) is 0 Å². The van der Waals surface area contributed by atoms with Gasteiger partial charge in [-0.2, -0.15) is 0 Å². The summed E-state index contributed by atoms with van der Waals surface area (Å²) in [5, 5.41) is 11.2. The van der Waals surface area contributed by atoms with Gasteiger partial charge in [0.05, 0.1) is 7.11 Å². The standard InChI is InChI=1S/C18H20O2/c1-13-11-12-18(19,17-6-4-3-5-16(13)17)14-7-9-15(20-2)10-8-14/h3-10,13,19H,11-12H2,1-2H3. The largest absolute Gasteiger partial charge is 0.497 e. The van der Waals surface area contributed by atoms with Crippen LogP contribution in [0, 0.1) is 0 Å². The number of aliphatic hydroxyl groups is 1. The normalized spacial score (nSPS) is 25.1. The smallest absolute Gasteiger partial charge is 0.118 e. The zero-order valence-electron chi connectivity index (χ0n) is 12.0. The van der Waals surface area contributed by atoms with Crippen LogP contribution in [0.3, 0.4) is 0 Å². The average molecular weight is 268 g/mol. The fraction of sp³-hybridized carbons (Fsp3) is 0.333. The summed E-state index contributed by atoms with van der Waals surface area (Å²) in [4.78, 5) is 0. The number of benzene rings is 2. The molecule has 0 aromatic heterocycles. The van der Waals surface area contributed by atoms with Crippen LogP contribution in [-0.4, -0.2) is 12.2 Å². The molecule has 104 valence electrons. The monoisotopic (exact) mass is 268 g/mol. The average Bonchev–Trinajstić information content (AvgIpc) is 2.51. The maximum atomic E-state index is 11.2. The molecule has 0 saturated carbocycles. The van der Waals surface area contributed by atoms with E-state index in [1.165, 1.54) is 5.56 Å². The van der Waals surface area contributed by atoms with Gasteiger partial charge in [-0.05, 0) is 47.6 Å². The Balaban J connectivity index is 2.09. The maximum absolute atomic E-state index is 11.2. The lowest BCUT2D eigenvalue weighted by Crippen LogP contribution is -2.32. The minimum Gasteiger partial charge on any atom is -0.497 e. The van der Waals surface area contributed by atoms with Gasteiger partial charge in [0, 0.05) is 0 Å². The minimum absolute atomic E-state index is 0.504. The quantitative estimate of drug-likeness (QED) is 0.897. The van der Waals surface area contributed by atoms with Gasteiger partial charge >= 0.3 is 0 Å². The number of hydrogen-bond acceptors (Lipinski definition) is 2. The highest BCUT2D eigenvalue weighted by molar-refractivity contribution is 5.45. The Morgan fingerprint density at radius 2 is 1.80 bits per heavy atom. The Labute approximate surface area is 120 Å². The van der Waals surface area contributed by atoms with Gasteiger partial charge in [0.25, 0.3) is 0 Å². The van der Waals surface area contributed by atoms with Crippen molar-refractivity contribution in [2.24, 2.45) is 0 Å². The Kier molecular flexibility index (Phi) is 3.27. The van der Waals surface area contributed by atoms with Crippen molar-refractivity contribution in [3.05, 3.63) is 65.2 Å². The number of hydrogen-bond donors (Lipinski definition) is 1. The van der Waals surface area contributed by atoms with Crippen LogP contribution in [0.5, 0.6) is 5.75 Å². The van der Waals surface area contributed by atoms with Crippen LogP contribution < -0.4 is 4.74 Å². The molecule has 0 radical (unpaired) electrons. The molecule has 20 heavy (non-hydrogen) atoms. The topological polar surface area (TPSA) is 29.5 Å². The summed E-state index contributed by atoms with van der Waals surface area (Å²) >= 11 is 0. The van der Waals surface area contributed by atoms with Crippen molar-refractivity contribution in [2.45, 2.75) is 31.3 Å². The Hall–Kier alpha value is -1.80. The molecule has 2 aromatic rings. The molecular weight excluding hydrogens is 248 g/mol. The molecule has 2 aromatic carbocycles. The maximum Gasteiger partial charge on any atom is 0.118 e. The molecule has 0 aliphatic heterocycles. The SMILES string of the molecule is COc1ccc(C2(O)CCC(C)c3ccccc32)cc1. The molecule has 3 rings (SSSR count). The first-order valence-corrected chi connectivity index (χ1v) is 7.11. The molecule has 1 aliphatic carbocycles. The molecule has 0 bridgehead atoms. The van der Waals surface area contributed by atoms with Crippen molar-refractivity contribution in [1.82, 2.24) is 0 Å². The molecule has 0 amide bonds. The molecule has 2 atom stereocenters. The highest BCUT2D eigenvalue weighted by Crippen LogP contribution is 2.45. The molecule has 1 aliphatic rings. The van der Waals surface area contributed by atoms with Gasteiger partial charge in [0.1, 0.15) is 11.4 Å². The predicted molar refractivity (Wildman–Crippen MR) is 80.1 cm³/mol. The van der Waals surface area contributed by atoms with Gasteiger partial charge < -0.3 is 9.84 Å². The fourth-order valence-corrected chi connectivity index (χ4v) is 3.19. The molecule has 0 spiro atoms. The second-order valence-corrected chi connectivity index (χ2v) is 5.62. The van der Waals surface area contributed by atoms with E-state index in [4.69, 9.17) is 4.74 Å². The first-order valence-electron chi connectivity index (χ1n) is 7.11. The molecule has 1 N–H and O–H groups in total. The summed E-state index contributed by atoms with van der Waals surface area (Å²) in [7, 11) is 1.65. The lowest BCUT2D eigenvalue weighted by Gasteiger charge is -2.37. The van der Waals surface area contributed by atoms with Crippen LogP contribution in [-0.2, 0) is 5.60 Å². The van der Waals surface area contributed by atoms with Crippen molar-refractivity contribution in [3.8, 4) is 5.75 Å². The molecule has 2 unspecified atom stereocenters. The van der Waals surface area contributed by atoms with Crippen LogP contribution in [0.15, 0.2) is 48.5 Å². The highest BCUT2D eigenvalue weighted by atomic mass is 16.5. The summed E-state index contributed by atoms with van der Waals surface area (Å²) < 4.78 is 5.19. The van der Waals surface area contributed by atoms with Crippen LogP contribution in [0.2, 0.25) is 0 Å². The molecule has 0 saturated heterocycles. The Morgan fingerprint density at radius 1 is 1.10 bits per heavy atom. The van der Waals surface area contributed by atoms with E-state index in [-0.39, 0.29) is 0 Å². The zero-order valence-corrected chi connectivity index (χ0v) is 12.0. The number of ether oxygens (including phenoxy) is 1. The van der Waals surface area contributed by atoms with Gasteiger partial charge in [-0.1, -0.05) is 43.3 Å². The summed E-state index contributed by atoms with van der Waals surface area (Å²) in [5.74, 6) is 1.32. The van der Waals surface area contributed by atoms with E-state index in [0.29, 0.717) is 5.92 Å². The van der Waals surface area contributed by atoms with Crippen LogP contribution in [0.1, 0.15) is 42.4 Å². The number of fused-ring (bicyclic) bond motifs is 1. The summed E-state index contributed by atoms with van der Waals surface area (Å²) in [6.07, 6.45) is 1.76. The van der Waals surface area contributed by atoms with E-state index in [2.05, 4.69) is 25.1 Å². The van der Waals surface area contributed by atoms with Crippen LogP contribution in [0.4, 0.5) is 0 Å². The van der Waals surface area contributed by atoms with E-state index >= 15 is 0 Å². The summed E-state index contributed by atoms with van der Waals surface area (Å²) in [5.41, 5.74) is 2.37. The Bertz CT molecular complexity index is 603. The third kappa shape index (κ3) is 2.01. The van der Waals surface area contributed by atoms with E-state index in [0.717, 1.165) is 29.7 Å². The minimum atomic E-state index is -0.880. The summed E-state index contributed by atoms with van der Waals surface area (Å²) in [6, 6.07) is 16.0. The van der Waals surface area contributed by atoms with E-state index in [1.54, 1.807) is 7.11 Å². The fourth-order valence-electron chi connectivity index (χ4n) is 3.19. The van der Waals surface area contributed by atoms with Crippen molar-refractivity contribution in [1.29, 1.82) is 0 Å². The van der Waals surface area contributed by atoms with Crippen LogP contribution >= 0.6 is 0 Å². The third-order valence-electron chi connectivity index (χ3n) is 4.44. The summed E-state index contributed by atoms with van der Waals surface area (Å²) in [6.45, 7) is 2.23. The highest BCUT2D eigenvalue weighted by Gasteiger charge is 2.38. The number of methoxy groups -OCH3 is 1. The molecular formula is C18H20O2. The molecule has 2 nitrogen and oxygen atoms in total. The van der Waals surface area contributed by atoms with Crippen LogP contribution in [0.25, 0.3) is 0 Å². The van der Waals surface area contributed by atoms with Crippen molar-refractivity contribution in [3.63, 3.8) is 0 Å². The van der Waals surface area contributed by atoms with E-state index < -0.39 is 5.60 Å². The lowest BCUT2D eigenvalue weighted by molar-refractivity contribution is 0.0579. The predicted octanol–water partition coefficient (Wildman–Crippen LogP) is 3.83. The van der Waals surface area contributed by atoms with Crippen molar-refractivity contribution < 1.29 is 9.84 Å². The molecule has 0 fully saturated rings. The first kappa shape index (κ1) is 13.2. The number of rotatable bonds is 2. The van der Waals surface area contributed by atoms with E-state index in [9.17, 15) is 5.11 Å². The van der Waals surface area contributed by atoms with Crippen molar-refractivity contribution in [2.75, 3.05) is 7.11 Å². The van der Waals surface area contributed by atoms with Crippen molar-refractivity contribution >= 4 is 0 Å². The third-order valence-corrected chi connectivity index (χ3v) is 4.44. The molecule has 2 heteroatoms. The van der Waals surface area contributed by atoms with Gasteiger partial charge in [-0.25, -0.2) is 0 Å². The van der Waals surface area contributed by atoms with Gasteiger partial charge in [-0.3, -0.25) is 0 Å².